The van der Waals surface area contributed by atoms with Gasteiger partial charge in [-0.2, -0.15) is 0 Å². The van der Waals surface area contributed by atoms with Gasteiger partial charge in [-0.1, -0.05) is 48.3 Å². The molecule has 8 heteroatoms. The largest absolute Gasteiger partial charge is 0.480 e. The van der Waals surface area contributed by atoms with Crippen molar-refractivity contribution in [2.45, 2.75) is 6.42 Å². The number of hydrogen-bond donors (Lipinski definition) is 2. The average Bonchev–Trinajstić information content (AvgIpc) is 3.07. The first-order valence-electron chi connectivity index (χ1n) is 6.99. The molecular formula is C16H15NO5S2. The number of rotatable bonds is 7. The molecule has 1 aliphatic heterocycles. The number of aliphatic carboxylic acids is 1. The maximum atomic E-state index is 12.1. The number of thiocarbonyl (C=S) groups is 1. The Bertz CT molecular complexity index is 733. The molecule has 1 saturated heterocycles. The van der Waals surface area contributed by atoms with Crippen LogP contribution in [0.4, 0.5) is 0 Å². The Morgan fingerprint density at radius 3 is 2.79 bits per heavy atom. The Balaban J connectivity index is 2.03. The molecule has 24 heavy (non-hydrogen) atoms. The molecule has 2 rings (SSSR count). The molecule has 1 fully saturated rings. The van der Waals surface area contributed by atoms with E-state index in [0.717, 1.165) is 22.4 Å². The zero-order chi connectivity index (χ0) is 17.5. The van der Waals surface area contributed by atoms with E-state index in [9.17, 15) is 9.59 Å². The summed E-state index contributed by atoms with van der Waals surface area (Å²) < 4.78 is 5.83. The van der Waals surface area contributed by atoms with Crippen LogP contribution in [0.5, 0.6) is 0 Å². The van der Waals surface area contributed by atoms with Crippen LogP contribution < -0.4 is 0 Å². The molecule has 0 radical (unpaired) electrons. The van der Waals surface area contributed by atoms with Crippen LogP contribution in [-0.2, 0) is 16.0 Å². The van der Waals surface area contributed by atoms with Crippen molar-refractivity contribution in [2.75, 3.05) is 13.2 Å². The highest BCUT2D eigenvalue weighted by molar-refractivity contribution is 8.26. The van der Waals surface area contributed by atoms with E-state index in [4.69, 9.17) is 26.8 Å². The second kappa shape index (κ2) is 8.62. The standard InChI is InChI=1S/C16H15NO5S2/c18-8-4-2-1-3-5-11-6-7-12(22-11)9-13-15(21)17(10-14(19)20)16(23)24-13/h1-4,6-7,9,18H,5,8,10H2,(H,19,20)/b3-1-,4-2-,13-9+. The van der Waals surface area contributed by atoms with Gasteiger partial charge in [0.05, 0.1) is 11.5 Å². The Morgan fingerprint density at radius 2 is 2.08 bits per heavy atom. The van der Waals surface area contributed by atoms with E-state index >= 15 is 0 Å². The normalized spacial score (nSPS) is 17.0. The third kappa shape index (κ3) is 4.92. The van der Waals surface area contributed by atoms with Gasteiger partial charge in [0.15, 0.2) is 0 Å². The number of carboxylic acid groups (broad SMARTS) is 1. The van der Waals surface area contributed by atoms with E-state index in [1.54, 1.807) is 36.4 Å². The lowest BCUT2D eigenvalue weighted by atomic mass is 10.3. The summed E-state index contributed by atoms with van der Waals surface area (Å²) in [6.45, 7) is -0.452. The first-order valence-corrected chi connectivity index (χ1v) is 8.22. The summed E-state index contributed by atoms with van der Waals surface area (Å²) in [5.74, 6) is -0.328. The van der Waals surface area contributed by atoms with E-state index in [1.807, 2.05) is 6.08 Å². The predicted octanol–water partition coefficient (Wildman–Crippen LogP) is 2.21. The quantitative estimate of drug-likeness (QED) is 0.435. The van der Waals surface area contributed by atoms with E-state index in [2.05, 4.69) is 0 Å². The van der Waals surface area contributed by atoms with Crippen LogP contribution in [0.2, 0.25) is 0 Å². The first-order chi connectivity index (χ1) is 11.5. The molecule has 0 saturated carbocycles. The van der Waals surface area contributed by atoms with E-state index in [0.29, 0.717) is 17.1 Å². The molecule has 0 bridgehead atoms. The zero-order valence-electron chi connectivity index (χ0n) is 12.5. The predicted molar refractivity (Wildman–Crippen MR) is 95.3 cm³/mol. The number of aliphatic hydroxyl groups is 1. The molecule has 1 aromatic heterocycles. The number of allylic oxidation sites excluding steroid dienone is 3. The second-order valence-electron chi connectivity index (χ2n) is 4.71. The summed E-state index contributed by atoms with van der Waals surface area (Å²) in [6.07, 6.45) is 9.15. The van der Waals surface area contributed by atoms with Crippen LogP contribution in [-0.4, -0.2) is 44.5 Å². The Labute approximate surface area is 148 Å². The number of aliphatic hydroxyl groups excluding tert-OH is 1. The lowest BCUT2D eigenvalue weighted by molar-refractivity contribution is -0.140. The molecule has 2 N–H and O–H groups in total. The summed E-state index contributed by atoms with van der Waals surface area (Å²) in [5.41, 5.74) is 0. The number of carbonyl (C=O) groups is 2. The van der Waals surface area contributed by atoms with Gasteiger partial charge >= 0.3 is 5.97 Å². The molecule has 0 atom stereocenters. The monoisotopic (exact) mass is 365 g/mol. The molecule has 1 aromatic rings. The van der Waals surface area contributed by atoms with Crippen molar-refractivity contribution in [1.82, 2.24) is 4.90 Å². The van der Waals surface area contributed by atoms with Crippen LogP contribution in [0.25, 0.3) is 6.08 Å². The minimum absolute atomic E-state index is 0.00470. The zero-order valence-corrected chi connectivity index (χ0v) is 14.2. The topological polar surface area (TPSA) is 91.0 Å². The third-order valence-electron chi connectivity index (χ3n) is 2.93. The van der Waals surface area contributed by atoms with E-state index in [1.165, 1.54) is 0 Å². The number of carboxylic acids is 1. The Hall–Kier alpha value is -2.16. The van der Waals surface area contributed by atoms with Gasteiger partial charge in [0.25, 0.3) is 5.91 Å². The lowest BCUT2D eigenvalue weighted by Crippen LogP contribution is -2.33. The van der Waals surface area contributed by atoms with Crippen LogP contribution in [0.1, 0.15) is 11.5 Å². The van der Waals surface area contributed by atoms with Gasteiger partial charge < -0.3 is 14.6 Å². The van der Waals surface area contributed by atoms with Crippen molar-refractivity contribution < 1.29 is 24.2 Å². The van der Waals surface area contributed by atoms with Crippen molar-refractivity contribution >= 4 is 46.3 Å². The minimum Gasteiger partial charge on any atom is -0.480 e. The van der Waals surface area contributed by atoms with Gasteiger partial charge in [-0.15, -0.1) is 0 Å². The van der Waals surface area contributed by atoms with Gasteiger partial charge in [-0.3, -0.25) is 14.5 Å². The highest BCUT2D eigenvalue weighted by atomic mass is 32.2. The average molecular weight is 365 g/mol. The summed E-state index contributed by atoms with van der Waals surface area (Å²) >= 11 is 6.08. The molecule has 1 amide bonds. The van der Waals surface area contributed by atoms with E-state index < -0.39 is 18.4 Å². The van der Waals surface area contributed by atoms with Crippen molar-refractivity contribution in [1.29, 1.82) is 0 Å². The maximum Gasteiger partial charge on any atom is 0.323 e. The van der Waals surface area contributed by atoms with Gasteiger partial charge in [0, 0.05) is 12.5 Å². The van der Waals surface area contributed by atoms with Crippen molar-refractivity contribution in [2.24, 2.45) is 0 Å². The van der Waals surface area contributed by atoms with E-state index in [-0.39, 0.29) is 10.9 Å². The van der Waals surface area contributed by atoms with Crippen LogP contribution >= 0.6 is 24.0 Å². The molecule has 1 aliphatic rings. The maximum absolute atomic E-state index is 12.1. The lowest BCUT2D eigenvalue weighted by Gasteiger charge is -2.09. The molecule has 0 aliphatic carbocycles. The Kier molecular flexibility index (Phi) is 6.53. The number of thioether (sulfide) groups is 1. The molecule has 0 aromatic carbocycles. The number of furan rings is 1. The highest BCUT2D eigenvalue weighted by Gasteiger charge is 2.33. The fourth-order valence-corrected chi connectivity index (χ4v) is 3.12. The fraction of sp³-hybridized carbons (Fsp3) is 0.188. The number of hydrogen-bond acceptors (Lipinski definition) is 6. The number of nitrogens with zero attached hydrogens (tertiary/aromatic N) is 1. The second-order valence-corrected chi connectivity index (χ2v) is 6.38. The number of amides is 1. The SMILES string of the molecule is O=C(O)CN1C(=O)/C(=C\c2ccc(C/C=C\C=C/CO)o2)SC1=S. The molecule has 0 unspecified atom stereocenters. The van der Waals surface area contributed by atoms with Crippen molar-refractivity contribution in [3.63, 3.8) is 0 Å². The number of carbonyl (C=O) groups excluding carboxylic acids is 1. The third-order valence-corrected chi connectivity index (χ3v) is 4.31. The van der Waals surface area contributed by atoms with Gasteiger partial charge in [0.1, 0.15) is 22.4 Å². The van der Waals surface area contributed by atoms with Crippen molar-refractivity contribution in [3.05, 3.63) is 52.9 Å². The van der Waals surface area contributed by atoms with Crippen LogP contribution in [0, 0.1) is 0 Å². The fourth-order valence-electron chi connectivity index (χ4n) is 1.88. The Morgan fingerprint density at radius 1 is 1.33 bits per heavy atom. The summed E-state index contributed by atoms with van der Waals surface area (Å²) in [4.78, 5) is 24.3. The first kappa shape index (κ1) is 18.2. The summed E-state index contributed by atoms with van der Waals surface area (Å²) in [5, 5.41) is 17.4. The minimum atomic E-state index is -1.12. The molecule has 126 valence electrons. The van der Waals surface area contributed by atoms with Gasteiger partial charge in [-0.25, -0.2) is 0 Å². The molecular weight excluding hydrogens is 350 g/mol. The smallest absolute Gasteiger partial charge is 0.323 e. The molecule has 0 spiro atoms. The van der Waals surface area contributed by atoms with Gasteiger partial charge in [-0.05, 0) is 12.1 Å². The highest BCUT2D eigenvalue weighted by Crippen LogP contribution is 2.32. The summed E-state index contributed by atoms with van der Waals surface area (Å²) in [6, 6.07) is 3.53. The molecule has 2 heterocycles. The van der Waals surface area contributed by atoms with Crippen molar-refractivity contribution in [3.8, 4) is 0 Å². The molecule has 6 nitrogen and oxygen atoms in total. The van der Waals surface area contributed by atoms with Crippen LogP contribution in [0.15, 0.2) is 45.8 Å². The van der Waals surface area contributed by atoms with Gasteiger partial charge in [0.2, 0.25) is 0 Å². The van der Waals surface area contributed by atoms with Crippen LogP contribution in [0.3, 0.4) is 0 Å². The summed E-state index contributed by atoms with van der Waals surface area (Å²) in [7, 11) is 0.